The second-order valence-corrected chi connectivity index (χ2v) is 8.99. The Balaban J connectivity index is 1.72. The highest BCUT2D eigenvalue weighted by Gasteiger charge is 2.41. The van der Waals surface area contributed by atoms with Crippen molar-refractivity contribution < 1.29 is 28.2 Å². The third-order valence-corrected chi connectivity index (χ3v) is 6.60. The minimum absolute atomic E-state index is 0.00493. The molecule has 2 aliphatic heterocycles. The fourth-order valence-corrected chi connectivity index (χ4v) is 5.01. The van der Waals surface area contributed by atoms with Gasteiger partial charge in [0.2, 0.25) is 5.91 Å². The van der Waals surface area contributed by atoms with Crippen LogP contribution in [0.25, 0.3) is 0 Å². The molecule has 0 bridgehead atoms. The molecule has 2 aromatic rings. The average molecular weight is 524 g/mol. The van der Waals surface area contributed by atoms with Crippen molar-refractivity contribution in [2.75, 3.05) is 26.1 Å². The molecule has 0 aliphatic carbocycles. The molecule has 0 spiro atoms. The van der Waals surface area contributed by atoms with Crippen LogP contribution in [0.2, 0.25) is 0 Å². The minimum Gasteiger partial charge on any atom is -0.497 e. The summed E-state index contributed by atoms with van der Waals surface area (Å²) in [7, 11) is 3.09. The fourth-order valence-electron chi connectivity index (χ4n) is 4.05. The predicted molar refractivity (Wildman–Crippen MR) is 141 cm³/mol. The lowest BCUT2D eigenvalue weighted by atomic mass is 9.93. The number of hydrogen-bond acceptors (Lipinski definition) is 8. The topological polar surface area (TPSA) is 89.5 Å². The molecular formula is C27H26FN3O5S. The Labute approximate surface area is 218 Å². The number of rotatable bonds is 9. The summed E-state index contributed by atoms with van der Waals surface area (Å²) >= 11 is 1.36. The van der Waals surface area contributed by atoms with Gasteiger partial charge < -0.3 is 24.4 Å². The largest absolute Gasteiger partial charge is 0.497 e. The van der Waals surface area contributed by atoms with Crippen LogP contribution in [-0.4, -0.2) is 42.8 Å². The summed E-state index contributed by atoms with van der Waals surface area (Å²) in [5.74, 6) is -0.151. The number of aliphatic imine (C=N–C) groups is 1. The van der Waals surface area contributed by atoms with Gasteiger partial charge in [0.25, 0.3) is 0 Å². The number of nitrogens with zero attached hydrogens (tertiary/aromatic N) is 2. The maximum Gasteiger partial charge on any atom is 0.338 e. The Morgan fingerprint density at radius 2 is 1.84 bits per heavy atom. The van der Waals surface area contributed by atoms with Crippen LogP contribution >= 0.6 is 11.8 Å². The number of benzene rings is 2. The molecule has 8 nitrogen and oxygen atoms in total. The fraction of sp³-hybridized carbons (Fsp3) is 0.222. The SMILES string of the molecule is C=CCOC(=O)C1=C(C)N=C2SC=C(CC(=O)Nc3ccc(F)cc3)N2C1c1cc(OC)cc(OC)c1. The van der Waals surface area contributed by atoms with Crippen molar-refractivity contribution >= 4 is 34.5 Å². The average Bonchev–Trinajstić information content (AvgIpc) is 3.28. The number of allylic oxidation sites excluding steroid dienone is 1. The Kier molecular flexibility index (Phi) is 7.98. The number of halogens is 1. The van der Waals surface area contributed by atoms with Crippen molar-refractivity contribution in [1.82, 2.24) is 4.90 Å². The highest BCUT2D eigenvalue weighted by molar-refractivity contribution is 8.16. The summed E-state index contributed by atoms with van der Waals surface area (Å²) in [6, 6.07) is 10.2. The van der Waals surface area contributed by atoms with Gasteiger partial charge in [-0.2, -0.15) is 0 Å². The number of ether oxygens (including phenoxy) is 3. The van der Waals surface area contributed by atoms with Crippen LogP contribution in [0.1, 0.15) is 24.9 Å². The van der Waals surface area contributed by atoms with E-state index in [1.54, 1.807) is 27.2 Å². The van der Waals surface area contributed by atoms with Crippen molar-refractivity contribution in [3.8, 4) is 11.5 Å². The maximum absolute atomic E-state index is 13.3. The molecule has 1 amide bonds. The molecule has 192 valence electrons. The molecule has 4 rings (SSSR count). The van der Waals surface area contributed by atoms with E-state index < -0.39 is 17.8 Å². The number of thioether (sulfide) groups is 1. The van der Waals surface area contributed by atoms with Gasteiger partial charge in [0, 0.05) is 17.5 Å². The number of anilines is 1. The van der Waals surface area contributed by atoms with Crippen molar-refractivity contribution in [2.45, 2.75) is 19.4 Å². The van der Waals surface area contributed by atoms with Gasteiger partial charge in [-0.25, -0.2) is 14.2 Å². The molecule has 37 heavy (non-hydrogen) atoms. The molecular weight excluding hydrogens is 497 g/mol. The number of carbonyl (C=O) groups excluding carboxylic acids is 2. The number of carbonyl (C=O) groups is 2. The number of amides is 1. The number of hydrogen-bond donors (Lipinski definition) is 1. The summed E-state index contributed by atoms with van der Waals surface area (Å²) in [5.41, 5.74) is 2.64. The van der Waals surface area contributed by atoms with Gasteiger partial charge in [-0.15, -0.1) is 0 Å². The Morgan fingerprint density at radius 1 is 1.16 bits per heavy atom. The zero-order valence-corrected chi connectivity index (χ0v) is 21.4. The van der Waals surface area contributed by atoms with Gasteiger partial charge in [-0.05, 0) is 54.3 Å². The predicted octanol–water partition coefficient (Wildman–Crippen LogP) is 5.18. The van der Waals surface area contributed by atoms with E-state index in [-0.39, 0.29) is 18.9 Å². The van der Waals surface area contributed by atoms with E-state index in [0.717, 1.165) is 0 Å². The summed E-state index contributed by atoms with van der Waals surface area (Å²) in [6.45, 7) is 5.40. The van der Waals surface area contributed by atoms with E-state index in [1.165, 1.54) is 42.1 Å². The Bertz CT molecular complexity index is 1300. The summed E-state index contributed by atoms with van der Waals surface area (Å²) < 4.78 is 29.6. The second-order valence-electron chi connectivity index (χ2n) is 8.16. The molecule has 0 fully saturated rings. The molecule has 2 heterocycles. The van der Waals surface area contributed by atoms with Crippen LogP contribution in [-0.2, 0) is 14.3 Å². The first-order valence-electron chi connectivity index (χ1n) is 11.4. The van der Waals surface area contributed by atoms with Crippen LogP contribution in [0.3, 0.4) is 0 Å². The van der Waals surface area contributed by atoms with Crippen LogP contribution < -0.4 is 14.8 Å². The van der Waals surface area contributed by atoms with E-state index in [2.05, 4.69) is 16.9 Å². The van der Waals surface area contributed by atoms with Crippen molar-refractivity contribution in [3.63, 3.8) is 0 Å². The number of nitrogens with one attached hydrogen (secondary N) is 1. The number of amidine groups is 1. The number of esters is 1. The molecule has 1 N–H and O–H groups in total. The summed E-state index contributed by atoms with van der Waals surface area (Å²) in [4.78, 5) is 32.6. The lowest BCUT2D eigenvalue weighted by Crippen LogP contribution is -2.37. The molecule has 0 radical (unpaired) electrons. The van der Waals surface area contributed by atoms with Crippen LogP contribution in [0.5, 0.6) is 11.5 Å². The molecule has 1 unspecified atom stereocenters. The molecule has 0 saturated carbocycles. The summed E-state index contributed by atoms with van der Waals surface area (Å²) in [6.07, 6.45) is 1.49. The number of methoxy groups -OCH3 is 2. The van der Waals surface area contributed by atoms with E-state index >= 15 is 0 Å². The first-order chi connectivity index (χ1) is 17.8. The van der Waals surface area contributed by atoms with Crippen molar-refractivity contribution in [2.24, 2.45) is 4.99 Å². The first-order valence-corrected chi connectivity index (χ1v) is 12.2. The van der Waals surface area contributed by atoms with Gasteiger partial charge >= 0.3 is 5.97 Å². The zero-order chi connectivity index (χ0) is 26.5. The van der Waals surface area contributed by atoms with Gasteiger partial charge in [0.05, 0.1) is 38.0 Å². The van der Waals surface area contributed by atoms with Gasteiger partial charge in [-0.1, -0.05) is 24.4 Å². The molecule has 10 heteroatoms. The van der Waals surface area contributed by atoms with Gasteiger partial charge in [0.15, 0.2) is 5.17 Å². The Morgan fingerprint density at radius 3 is 2.46 bits per heavy atom. The molecule has 1 atom stereocenters. The van der Waals surface area contributed by atoms with E-state index in [4.69, 9.17) is 14.2 Å². The second kappa shape index (κ2) is 11.3. The van der Waals surface area contributed by atoms with Crippen molar-refractivity contribution in [1.29, 1.82) is 0 Å². The first kappa shape index (κ1) is 26.0. The third kappa shape index (κ3) is 5.69. The molecule has 0 saturated heterocycles. The van der Waals surface area contributed by atoms with E-state index in [1.807, 2.05) is 22.4 Å². The summed E-state index contributed by atoms with van der Waals surface area (Å²) in [5, 5.41) is 5.23. The van der Waals surface area contributed by atoms with E-state index in [0.29, 0.717) is 44.9 Å². The minimum atomic E-state index is -0.659. The molecule has 0 aromatic heterocycles. The monoisotopic (exact) mass is 523 g/mol. The smallest absolute Gasteiger partial charge is 0.338 e. The lowest BCUT2D eigenvalue weighted by Gasteiger charge is -2.36. The lowest BCUT2D eigenvalue weighted by molar-refractivity contribution is -0.138. The van der Waals surface area contributed by atoms with Crippen LogP contribution in [0.4, 0.5) is 10.1 Å². The third-order valence-electron chi connectivity index (χ3n) is 5.71. The van der Waals surface area contributed by atoms with E-state index in [9.17, 15) is 14.0 Å². The Hall–Kier alpha value is -4.05. The van der Waals surface area contributed by atoms with Gasteiger partial charge in [-0.3, -0.25) is 4.79 Å². The van der Waals surface area contributed by atoms with Crippen molar-refractivity contribution in [3.05, 3.63) is 88.9 Å². The molecule has 2 aliphatic rings. The quantitative estimate of drug-likeness (QED) is 0.358. The standard InChI is InChI=1S/C27H26FN3O5S/c1-5-10-36-26(33)24-16(2)29-27-31(25(24)17-11-21(34-3)14-22(12-17)35-4)20(15-37-27)13-23(32)30-19-8-6-18(28)7-9-19/h5-9,11-12,14-15,25H,1,10,13H2,2-4H3,(H,30,32). The highest BCUT2D eigenvalue weighted by atomic mass is 32.2. The van der Waals surface area contributed by atoms with Gasteiger partial charge in [0.1, 0.15) is 23.9 Å². The van der Waals surface area contributed by atoms with Crippen LogP contribution in [0, 0.1) is 5.82 Å². The zero-order valence-electron chi connectivity index (χ0n) is 20.6. The van der Waals surface area contributed by atoms with Crippen LogP contribution in [0.15, 0.2) is 82.5 Å². The highest BCUT2D eigenvalue weighted by Crippen LogP contribution is 2.46. The maximum atomic E-state index is 13.3. The number of fused-ring (bicyclic) bond motifs is 1. The normalized spacial score (nSPS) is 16.4. The molecule has 2 aromatic carbocycles.